The van der Waals surface area contributed by atoms with Crippen molar-refractivity contribution in [2.75, 3.05) is 18.4 Å². The maximum absolute atomic E-state index is 11.9. The first-order valence-electron chi connectivity index (χ1n) is 6.79. The van der Waals surface area contributed by atoms with Crippen LogP contribution in [0.25, 0.3) is 0 Å². The minimum Gasteiger partial charge on any atom is -0.345 e. The number of rotatable bonds is 2. The molecule has 0 spiro atoms. The number of halogens is 1. The van der Waals surface area contributed by atoms with Gasteiger partial charge in [0, 0.05) is 6.54 Å². The highest BCUT2D eigenvalue weighted by Crippen LogP contribution is 2.20. The molecule has 0 aromatic carbocycles. The smallest absolute Gasteiger partial charge is 0.319 e. The van der Waals surface area contributed by atoms with Crippen LogP contribution in [0.4, 0.5) is 10.5 Å². The predicted molar refractivity (Wildman–Crippen MR) is 78.3 cm³/mol. The third-order valence-electron chi connectivity index (χ3n) is 3.66. The number of nitrogens with zero attached hydrogens (tertiary/aromatic N) is 2. The van der Waals surface area contributed by atoms with Crippen LogP contribution in [0.5, 0.6) is 0 Å². The first kappa shape index (κ1) is 14.6. The number of nitrogens with one attached hydrogen (secondary N) is 3. The van der Waals surface area contributed by atoms with E-state index >= 15 is 0 Å². The molecule has 3 N–H and O–H groups in total. The van der Waals surface area contributed by atoms with Crippen molar-refractivity contribution in [3.8, 4) is 0 Å². The van der Waals surface area contributed by atoms with Gasteiger partial charge in [-0.3, -0.25) is 9.59 Å². The van der Waals surface area contributed by atoms with Gasteiger partial charge in [-0.05, 0) is 18.6 Å². The summed E-state index contributed by atoms with van der Waals surface area (Å²) in [6.07, 6.45) is 1.85. The second-order valence-corrected chi connectivity index (χ2v) is 5.57. The summed E-state index contributed by atoms with van der Waals surface area (Å²) < 4.78 is 0. The lowest BCUT2D eigenvalue weighted by Crippen LogP contribution is -2.55. The van der Waals surface area contributed by atoms with Crippen LogP contribution in [-0.2, 0) is 9.59 Å². The summed E-state index contributed by atoms with van der Waals surface area (Å²) in [6.45, 7) is 0.355. The van der Waals surface area contributed by atoms with Gasteiger partial charge in [-0.15, -0.1) is 0 Å². The summed E-state index contributed by atoms with van der Waals surface area (Å²) >= 11 is 5.67. The van der Waals surface area contributed by atoms with Crippen LogP contribution in [-0.4, -0.2) is 52.9 Å². The van der Waals surface area contributed by atoms with Gasteiger partial charge in [0.1, 0.15) is 11.2 Å². The van der Waals surface area contributed by atoms with E-state index in [0.29, 0.717) is 23.8 Å². The SMILES string of the molecule is O=C(Nc1ccc(Cl)nc1)N[C@H]1C[C@H]2C(=O)NCC(=O)N2C1. The van der Waals surface area contributed by atoms with Crippen molar-refractivity contribution >= 4 is 35.1 Å². The number of hydrogen-bond acceptors (Lipinski definition) is 4. The van der Waals surface area contributed by atoms with E-state index in [2.05, 4.69) is 20.9 Å². The molecular weight excluding hydrogens is 310 g/mol. The molecule has 116 valence electrons. The first-order chi connectivity index (χ1) is 10.5. The molecule has 9 heteroatoms. The molecule has 1 aromatic rings. The van der Waals surface area contributed by atoms with Gasteiger partial charge in [-0.25, -0.2) is 9.78 Å². The number of aromatic nitrogens is 1. The topological polar surface area (TPSA) is 103 Å². The van der Waals surface area contributed by atoms with E-state index < -0.39 is 12.1 Å². The Morgan fingerprint density at radius 3 is 2.91 bits per heavy atom. The van der Waals surface area contributed by atoms with Crippen LogP contribution in [0.15, 0.2) is 18.3 Å². The van der Waals surface area contributed by atoms with Crippen LogP contribution in [0.1, 0.15) is 6.42 Å². The number of fused-ring (bicyclic) bond motifs is 1. The van der Waals surface area contributed by atoms with Crippen molar-refractivity contribution in [3.05, 3.63) is 23.5 Å². The molecule has 8 nitrogen and oxygen atoms in total. The fraction of sp³-hybridized carbons (Fsp3) is 0.385. The quantitative estimate of drug-likeness (QED) is 0.664. The number of pyridine rings is 1. The highest BCUT2D eigenvalue weighted by atomic mass is 35.5. The van der Waals surface area contributed by atoms with Crippen LogP contribution in [0.2, 0.25) is 5.15 Å². The number of hydrogen-bond donors (Lipinski definition) is 3. The number of piperazine rings is 1. The highest BCUT2D eigenvalue weighted by Gasteiger charge is 2.42. The standard InChI is InChI=1S/C13H14ClN5O3/c14-10-2-1-7(4-15-10)17-13(22)18-8-3-9-12(21)16-5-11(20)19(9)6-8/h1-2,4,8-9H,3,5-6H2,(H,16,21)(H2,17,18,22)/t8-,9-/m0/s1. The zero-order valence-electron chi connectivity index (χ0n) is 11.5. The minimum atomic E-state index is -0.497. The summed E-state index contributed by atoms with van der Waals surface area (Å²) in [5, 5.41) is 8.26. The largest absolute Gasteiger partial charge is 0.345 e. The van der Waals surface area contributed by atoms with E-state index in [0.717, 1.165) is 0 Å². The van der Waals surface area contributed by atoms with E-state index in [-0.39, 0.29) is 24.4 Å². The van der Waals surface area contributed by atoms with Gasteiger partial charge in [-0.2, -0.15) is 0 Å². The van der Waals surface area contributed by atoms with E-state index in [9.17, 15) is 14.4 Å². The number of anilines is 1. The average Bonchev–Trinajstić information content (AvgIpc) is 2.90. The zero-order chi connectivity index (χ0) is 15.7. The van der Waals surface area contributed by atoms with Gasteiger partial charge in [-0.1, -0.05) is 11.6 Å². The van der Waals surface area contributed by atoms with E-state index in [4.69, 9.17) is 11.6 Å². The lowest BCUT2D eigenvalue weighted by atomic mass is 10.1. The second-order valence-electron chi connectivity index (χ2n) is 5.18. The lowest BCUT2D eigenvalue weighted by Gasteiger charge is -2.28. The Bertz CT molecular complexity index is 597. The normalized spacial score (nSPS) is 23.8. The molecule has 0 radical (unpaired) electrons. The van der Waals surface area contributed by atoms with E-state index in [1.807, 2.05) is 0 Å². The molecule has 3 rings (SSSR count). The van der Waals surface area contributed by atoms with Gasteiger partial charge in [0.25, 0.3) is 0 Å². The third kappa shape index (κ3) is 2.96. The van der Waals surface area contributed by atoms with Crippen LogP contribution >= 0.6 is 11.6 Å². The van der Waals surface area contributed by atoms with Crippen molar-refractivity contribution in [2.45, 2.75) is 18.5 Å². The van der Waals surface area contributed by atoms with Crippen molar-refractivity contribution in [2.24, 2.45) is 0 Å². The molecule has 2 atom stereocenters. The zero-order valence-corrected chi connectivity index (χ0v) is 12.3. The summed E-state index contributed by atoms with van der Waals surface area (Å²) in [5.74, 6) is -0.303. The van der Waals surface area contributed by atoms with Crippen molar-refractivity contribution < 1.29 is 14.4 Å². The monoisotopic (exact) mass is 323 g/mol. The van der Waals surface area contributed by atoms with Gasteiger partial charge in [0.15, 0.2) is 0 Å². The van der Waals surface area contributed by atoms with Gasteiger partial charge >= 0.3 is 6.03 Å². The Hall–Kier alpha value is -2.35. The Kier molecular flexibility index (Phi) is 3.84. The molecule has 0 bridgehead atoms. The Morgan fingerprint density at radius 2 is 2.23 bits per heavy atom. The maximum atomic E-state index is 11.9. The molecular formula is C13H14ClN5O3. The third-order valence-corrected chi connectivity index (χ3v) is 3.88. The molecule has 0 aliphatic carbocycles. The summed E-state index contributed by atoms with van der Waals surface area (Å²) in [5.41, 5.74) is 0.506. The number of urea groups is 1. The van der Waals surface area contributed by atoms with Crippen molar-refractivity contribution in [1.82, 2.24) is 20.5 Å². The highest BCUT2D eigenvalue weighted by molar-refractivity contribution is 6.29. The molecule has 2 aliphatic rings. The Morgan fingerprint density at radius 1 is 1.41 bits per heavy atom. The lowest BCUT2D eigenvalue weighted by molar-refractivity contribution is -0.143. The number of carbonyl (C=O) groups is 3. The molecule has 2 aliphatic heterocycles. The predicted octanol–water partition coefficient (Wildman–Crippen LogP) is -0.0442. The first-order valence-corrected chi connectivity index (χ1v) is 7.17. The van der Waals surface area contributed by atoms with Gasteiger partial charge < -0.3 is 20.9 Å². The van der Waals surface area contributed by atoms with Crippen LogP contribution < -0.4 is 16.0 Å². The molecule has 22 heavy (non-hydrogen) atoms. The molecule has 1 aromatic heterocycles. The Labute approximate surface area is 131 Å². The molecule has 0 unspecified atom stereocenters. The van der Waals surface area contributed by atoms with E-state index in [1.54, 1.807) is 12.1 Å². The van der Waals surface area contributed by atoms with Crippen LogP contribution in [0, 0.1) is 0 Å². The number of amides is 4. The molecule has 2 saturated heterocycles. The molecule has 4 amide bonds. The fourth-order valence-electron chi connectivity index (χ4n) is 2.65. The molecule has 2 fully saturated rings. The van der Waals surface area contributed by atoms with E-state index in [1.165, 1.54) is 11.1 Å². The summed E-state index contributed by atoms with van der Waals surface area (Å²) in [4.78, 5) is 40.8. The maximum Gasteiger partial charge on any atom is 0.319 e. The summed E-state index contributed by atoms with van der Waals surface area (Å²) in [6, 6.07) is 2.02. The van der Waals surface area contributed by atoms with Crippen LogP contribution in [0.3, 0.4) is 0 Å². The van der Waals surface area contributed by atoms with Crippen molar-refractivity contribution in [1.29, 1.82) is 0 Å². The molecule has 0 saturated carbocycles. The van der Waals surface area contributed by atoms with Gasteiger partial charge in [0.05, 0.1) is 24.5 Å². The Balaban J connectivity index is 1.57. The van der Waals surface area contributed by atoms with Crippen molar-refractivity contribution in [3.63, 3.8) is 0 Å². The summed E-state index contributed by atoms with van der Waals surface area (Å²) in [7, 11) is 0. The second kappa shape index (κ2) is 5.80. The average molecular weight is 324 g/mol. The van der Waals surface area contributed by atoms with Gasteiger partial charge in [0.2, 0.25) is 11.8 Å². The number of carbonyl (C=O) groups excluding carboxylic acids is 3. The fourth-order valence-corrected chi connectivity index (χ4v) is 2.76. The minimum absolute atomic E-state index is 0.0185. The molecule has 3 heterocycles.